The van der Waals surface area contributed by atoms with E-state index in [1.807, 2.05) is 18.2 Å². The largest absolute Gasteiger partial charge is 0.504 e. The molecular weight excluding hydrogens is 352 g/mol. The molecule has 2 aliphatic rings. The van der Waals surface area contributed by atoms with E-state index in [0.29, 0.717) is 5.75 Å². The molecule has 2 atom stereocenters. The van der Waals surface area contributed by atoms with Crippen LogP contribution in [0.3, 0.4) is 0 Å². The lowest BCUT2D eigenvalue weighted by molar-refractivity contribution is -0.141. The number of aromatic hydroxyl groups is 1. The molecule has 0 aliphatic carbocycles. The number of rotatable bonds is 2. The van der Waals surface area contributed by atoms with Crippen LogP contribution >= 0.6 is 11.3 Å². The van der Waals surface area contributed by atoms with Crippen molar-refractivity contribution in [2.75, 3.05) is 13.7 Å². The predicted molar refractivity (Wildman–Crippen MR) is 97.7 cm³/mol. The Kier molecular flexibility index (Phi) is 3.27. The minimum absolute atomic E-state index is 0.0613. The third-order valence-corrected chi connectivity index (χ3v) is 5.84. The van der Waals surface area contributed by atoms with Gasteiger partial charge >= 0.3 is 5.97 Å². The molecule has 130 valence electrons. The maximum atomic E-state index is 12.5. The summed E-state index contributed by atoms with van der Waals surface area (Å²) in [6.45, 7) is 0.218. The van der Waals surface area contributed by atoms with Gasteiger partial charge in [-0.15, -0.1) is 11.3 Å². The molecule has 0 saturated carbocycles. The van der Waals surface area contributed by atoms with Gasteiger partial charge in [-0.1, -0.05) is 6.07 Å². The van der Waals surface area contributed by atoms with Gasteiger partial charge in [0.25, 0.3) is 0 Å². The summed E-state index contributed by atoms with van der Waals surface area (Å²) in [7, 11) is 1.51. The highest BCUT2D eigenvalue weighted by Gasteiger charge is 2.45. The lowest BCUT2D eigenvalue weighted by Gasteiger charge is -2.28. The van der Waals surface area contributed by atoms with Gasteiger partial charge in [0.15, 0.2) is 11.5 Å². The number of thiazole rings is 1. The van der Waals surface area contributed by atoms with E-state index >= 15 is 0 Å². The number of hydrogen-bond acceptors (Lipinski definition) is 7. The van der Waals surface area contributed by atoms with E-state index in [1.165, 1.54) is 18.4 Å². The van der Waals surface area contributed by atoms with E-state index in [4.69, 9.17) is 14.5 Å². The van der Waals surface area contributed by atoms with Gasteiger partial charge in [-0.05, 0) is 29.8 Å². The number of aromatic nitrogens is 1. The van der Waals surface area contributed by atoms with Crippen LogP contribution in [0.25, 0.3) is 10.2 Å². The summed E-state index contributed by atoms with van der Waals surface area (Å²) in [5.41, 5.74) is 6.11. The third kappa shape index (κ3) is 2.07. The van der Waals surface area contributed by atoms with E-state index in [2.05, 4.69) is 4.98 Å². The standard InChI is InChI=1S/C19H14N2O4S/c1-24-14-6-9(2-5-13(14)22)15-16-10(3-4-11-18(16)26-8-20-11)21-12-7-25-19(23)17(12)15/h2-6,8,15,17,22H,7H2,1H3. The fourth-order valence-corrected chi connectivity index (χ4v) is 4.67. The Hall–Kier alpha value is -2.93. The zero-order valence-corrected chi connectivity index (χ0v) is 14.6. The lowest BCUT2D eigenvalue weighted by atomic mass is 9.76. The number of phenols is 1. The van der Waals surface area contributed by atoms with E-state index in [0.717, 1.165) is 32.7 Å². The quantitative estimate of drug-likeness (QED) is 0.703. The number of nitrogens with zero attached hydrogens (tertiary/aromatic N) is 2. The molecule has 2 unspecified atom stereocenters. The van der Waals surface area contributed by atoms with Crippen LogP contribution in [-0.2, 0) is 9.53 Å². The molecular formula is C19H14N2O4S. The van der Waals surface area contributed by atoms with Crippen molar-refractivity contribution in [3.63, 3.8) is 0 Å². The number of aliphatic imine (C=N–C) groups is 1. The van der Waals surface area contributed by atoms with Crippen LogP contribution in [0.15, 0.2) is 40.8 Å². The molecule has 7 heteroatoms. The number of cyclic esters (lactones) is 1. The Morgan fingerprint density at radius 2 is 2.15 bits per heavy atom. The van der Waals surface area contributed by atoms with Crippen LogP contribution < -0.4 is 4.74 Å². The van der Waals surface area contributed by atoms with Crippen molar-refractivity contribution >= 4 is 38.9 Å². The average Bonchev–Trinajstić information content (AvgIpc) is 3.27. The Bertz CT molecular complexity index is 1090. The molecule has 1 N–H and O–H groups in total. The summed E-state index contributed by atoms with van der Waals surface area (Å²) < 4.78 is 11.6. The number of benzene rings is 2. The average molecular weight is 366 g/mol. The van der Waals surface area contributed by atoms with Crippen LogP contribution in [0.1, 0.15) is 17.0 Å². The van der Waals surface area contributed by atoms with Crippen molar-refractivity contribution in [2.24, 2.45) is 10.9 Å². The summed E-state index contributed by atoms with van der Waals surface area (Å²) in [6.07, 6.45) is 0. The van der Waals surface area contributed by atoms with Gasteiger partial charge in [0.1, 0.15) is 12.5 Å². The molecule has 0 amide bonds. The van der Waals surface area contributed by atoms with Crippen molar-refractivity contribution < 1.29 is 19.4 Å². The minimum Gasteiger partial charge on any atom is -0.504 e. The Morgan fingerprint density at radius 3 is 3.00 bits per heavy atom. The summed E-state index contributed by atoms with van der Waals surface area (Å²) in [4.78, 5) is 21.6. The van der Waals surface area contributed by atoms with Crippen molar-refractivity contribution in [2.45, 2.75) is 5.92 Å². The molecule has 3 aromatic rings. The number of esters is 1. The highest BCUT2D eigenvalue weighted by Crippen LogP contribution is 2.49. The molecule has 1 fully saturated rings. The predicted octanol–water partition coefficient (Wildman–Crippen LogP) is 3.40. The Morgan fingerprint density at radius 1 is 1.27 bits per heavy atom. The summed E-state index contributed by atoms with van der Waals surface area (Å²) >= 11 is 1.54. The van der Waals surface area contributed by atoms with Gasteiger partial charge in [-0.3, -0.25) is 9.79 Å². The van der Waals surface area contributed by atoms with Crippen molar-refractivity contribution in [1.29, 1.82) is 0 Å². The first kappa shape index (κ1) is 15.3. The third-order valence-electron chi connectivity index (χ3n) is 4.96. The van der Waals surface area contributed by atoms with E-state index in [9.17, 15) is 9.90 Å². The summed E-state index contributed by atoms with van der Waals surface area (Å²) in [5.74, 6) is -0.564. The van der Waals surface area contributed by atoms with Crippen molar-refractivity contribution in [1.82, 2.24) is 4.98 Å². The monoisotopic (exact) mass is 366 g/mol. The molecule has 5 rings (SSSR count). The van der Waals surface area contributed by atoms with Gasteiger partial charge in [0.2, 0.25) is 0 Å². The first-order chi connectivity index (χ1) is 12.7. The molecule has 0 radical (unpaired) electrons. The molecule has 26 heavy (non-hydrogen) atoms. The molecule has 1 aromatic heterocycles. The highest BCUT2D eigenvalue weighted by atomic mass is 32.1. The van der Waals surface area contributed by atoms with Gasteiger partial charge in [0, 0.05) is 11.5 Å². The number of carbonyl (C=O) groups excluding carboxylic acids is 1. The molecule has 6 nitrogen and oxygen atoms in total. The highest BCUT2D eigenvalue weighted by molar-refractivity contribution is 7.17. The van der Waals surface area contributed by atoms with Crippen LogP contribution in [0.4, 0.5) is 5.69 Å². The first-order valence-corrected chi connectivity index (χ1v) is 9.02. The number of methoxy groups -OCH3 is 1. The lowest BCUT2D eigenvalue weighted by Crippen LogP contribution is -2.28. The van der Waals surface area contributed by atoms with E-state index in [1.54, 1.807) is 17.6 Å². The van der Waals surface area contributed by atoms with Crippen LogP contribution in [-0.4, -0.2) is 35.5 Å². The van der Waals surface area contributed by atoms with Gasteiger partial charge < -0.3 is 14.6 Å². The zero-order valence-electron chi connectivity index (χ0n) is 13.8. The SMILES string of the molecule is COc1cc(C2c3c(ccc4ncsc34)N=C3COC(=O)C32)ccc1O. The molecule has 2 aromatic carbocycles. The van der Waals surface area contributed by atoms with E-state index in [-0.39, 0.29) is 24.2 Å². The maximum absolute atomic E-state index is 12.5. The van der Waals surface area contributed by atoms with Gasteiger partial charge in [-0.25, -0.2) is 4.98 Å². The number of carbonyl (C=O) groups is 1. The minimum atomic E-state index is -0.468. The first-order valence-electron chi connectivity index (χ1n) is 8.14. The molecule has 0 bridgehead atoms. The van der Waals surface area contributed by atoms with Gasteiger partial charge in [-0.2, -0.15) is 0 Å². The normalized spacial score (nSPS) is 21.1. The van der Waals surface area contributed by atoms with Crippen LogP contribution in [0.2, 0.25) is 0 Å². The van der Waals surface area contributed by atoms with Gasteiger partial charge in [0.05, 0.1) is 34.2 Å². The Labute approximate surface area is 152 Å². The van der Waals surface area contributed by atoms with Crippen LogP contribution in [0, 0.1) is 5.92 Å². The second-order valence-electron chi connectivity index (χ2n) is 6.30. The number of phenolic OH excluding ortho intramolecular Hbond substituents is 1. The molecule has 3 heterocycles. The zero-order chi connectivity index (χ0) is 17.8. The fourth-order valence-electron chi connectivity index (χ4n) is 3.80. The number of fused-ring (bicyclic) bond motifs is 4. The number of hydrogen-bond donors (Lipinski definition) is 1. The van der Waals surface area contributed by atoms with Crippen molar-refractivity contribution in [3.8, 4) is 11.5 Å². The topological polar surface area (TPSA) is 81.0 Å². The van der Waals surface area contributed by atoms with E-state index < -0.39 is 5.92 Å². The van der Waals surface area contributed by atoms with Crippen molar-refractivity contribution in [3.05, 3.63) is 47.0 Å². The Balaban J connectivity index is 1.81. The maximum Gasteiger partial charge on any atom is 0.316 e. The van der Waals surface area contributed by atoms with Crippen LogP contribution in [0.5, 0.6) is 11.5 Å². The summed E-state index contributed by atoms with van der Waals surface area (Å²) in [5, 5.41) is 9.96. The fraction of sp³-hybridized carbons (Fsp3) is 0.211. The smallest absolute Gasteiger partial charge is 0.316 e. The molecule has 2 aliphatic heterocycles. The molecule has 0 spiro atoms. The number of ether oxygens (including phenoxy) is 2. The second-order valence-corrected chi connectivity index (χ2v) is 7.15. The molecule has 1 saturated heterocycles. The summed E-state index contributed by atoms with van der Waals surface area (Å²) in [6, 6.07) is 9.07. The second kappa shape index (κ2) is 5.54.